The second-order valence-corrected chi connectivity index (χ2v) is 8.72. The van der Waals surface area contributed by atoms with Gasteiger partial charge in [-0.2, -0.15) is 8.78 Å². The van der Waals surface area contributed by atoms with Crippen molar-refractivity contribution in [3.05, 3.63) is 60.2 Å². The molecule has 1 aliphatic heterocycles. The fourth-order valence-corrected chi connectivity index (χ4v) is 4.16. The van der Waals surface area contributed by atoms with Gasteiger partial charge in [-0.1, -0.05) is 24.6 Å². The standard InChI is InChI=1S/C22H23F2N3O4S/c23-22(24)31-18-11-8-16(9-12-18)10-13-21(28)26-17-5-4-6-19(15-17)32(29,30)27-20-7-2-1-3-14-25-20/h4-6,8-13,15,22H,1-3,7,14H2,(H,25,27)(H,26,28)/b13-10+. The highest BCUT2D eigenvalue weighted by Gasteiger charge is 2.17. The van der Waals surface area contributed by atoms with Crippen LogP contribution in [0.25, 0.3) is 6.08 Å². The zero-order valence-electron chi connectivity index (χ0n) is 17.1. The summed E-state index contributed by atoms with van der Waals surface area (Å²) in [5, 5.41) is 2.60. The summed E-state index contributed by atoms with van der Waals surface area (Å²) in [6.45, 7) is -2.31. The summed E-state index contributed by atoms with van der Waals surface area (Å²) in [5.41, 5.74) is 0.914. The number of carbonyl (C=O) groups is 1. The summed E-state index contributed by atoms with van der Waals surface area (Å²) >= 11 is 0. The number of amidine groups is 1. The molecule has 32 heavy (non-hydrogen) atoms. The minimum Gasteiger partial charge on any atom is -0.435 e. The lowest BCUT2D eigenvalue weighted by atomic mass is 10.2. The molecule has 170 valence electrons. The van der Waals surface area contributed by atoms with Crippen molar-refractivity contribution in [2.24, 2.45) is 4.99 Å². The molecule has 0 fully saturated rings. The Morgan fingerprint density at radius 3 is 2.62 bits per heavy atom. The number of sulfonamides is 1. The lowest BCUT2D eigenvalue weighted by Crippen LogP contribution is -2.30. The number of hydrogen-bond acceptors (Lipinski definition) is 5. The average molecular weight is 464 g/mol. The van der Waals surface area contributed by atoms with Gasteiger partial charge in [0.1, 0.15) is 11.6 Å². The van der Waals surface area contributed by atoms with Crippen LogP contribution in [-0.2, 0) is 14.8 Å². The molecule has 0 saturated heterocycles. The fourth-order valence-electron chi connectivity index (χ4n) is 3.03. The Labute approximate surface area is 185 Å². The van der Waals surface area contributed by atoms with Crippen molar-refractivity contribution in [2.75, 3.05) is 11.9 Å². The monoisotopic (exact) mass is 463 g/mol. The first-order valence-corrected chi connectivity index (χ1v) is 11.5. The molecule has 2 N–H and O–H groups in total. The van der Waals surface area contributed by atoms with E-state index in [0.29, 0.717) is 30.1 Å². The quantitative estimate of drug-likeness (QED) is 0.602. The van der Waals surface area contributed by atoms with E-state index in [4.69, 9.17) is 0 Å². The number of nitrogens with zero attached hydrogens (tertiary/aromatic N) is 1. The summed E-state index contributed by atoms with van der Waals surface area (Å²) in [7, 11) is -3.82. The van der Waals surface area contributed by atoms with Crippen LogP contribution < -0.4 is 14.8 Å². The first-order valence-electron chi connectivity index (χ1n) is 10.0. The number of anilines is 1. The van der Waals surface area contributed by atoms with Crippen molar-refractivity contribution in [3.8, 4) is 5.75 Å². The molecule has 0 unspecified atom stereocenters. The molecule has 0 spiro atoms. The Hall–Kier alpha value is -3.27. The van der Waals surface area contributed by atoms with Gasteiger partial charge in [0.25, 0.3) is 10.0 Å². The van der Waals surface area contributed by atoms with Crippen LogP contribution in [0, 0.1) is 0 Å². The Morgan fingerprint density at radius 1 is 1.09 bits per heavy atom. The van der Waals surface area contributed by atoms with E-state index in [2.05, 4.69) is 19.8 Å². The maximum Gasteiger partial charge on any atom is 0.387 e. The second-order valence-electron chi connectivity index (χ2n) is 7.04. The van der Waals surface area contributed by atoms with Crippen molar-refractivity contribution >= 4 is 33.5 Å². The smallest absolute Gasteiger partial charge is 0.387 e. The van der Waals surface area contributed by atoms with Crippen LogP contribution in [0.5, 0.6) is 5.75 Å². The van der Waals surface area contributed by atoms with Crippen LogP contribution in [0.1, 0.15) is 31.2 Å². The van der Waals surface area contributed by atoms with E-state index in [0.717, 1.165) is 19.3 Å². The Morgan fingerprint density at radius 2 is 1.88 bits per heavy atom. The number of benzene rings is 2. The number of nitrogens with one attached hydrogen (secondary N) is 2. The largest absolute Gasteiger partial charge is 0.435 e. The predicted molar refractivity (Wildman–Crippen MR) is 118 cm³/mol. The zero-order chi connectivity index (χ0) is 23.0. The van der Waals surface area contributed by atoms with E-state index < -0.39 is 22.5 Å². The van der Waals surface area contributed by atoms with Crippen LogP contribution >= 0.6 is 0 Å². The molecule has 3 rings (SSSR count). The molecular formula is C22H23F2N3O4S. The van der Waals surface area contributed by atoms with E-state index >= 15 is 0 Å². The molecule has 7 nitrogen and oxygen atoms in total. The van der Waals surface area contributed by atoms with Gasteiger partial charge < -0.3 is 10.1 Å². The van der Waals surface area contributed by atoms with Crippen LogP contribution in [0.3, 0.4) is 0 Å². The fraction of sp³-hybridized carbons (Fsp3) is 0.273. The highest BCUT2D eigenvalue weighted by atomic mass is 32.2. The molecule has 0 atom stereocenters. The number of amides is 1. The number of aliphatic imine (C=N–C) groups is 1. The third-order valence-electron chi connectivity index (χ3n) is 4.57. The van der Waals surface area contributed by atoms with Crippen LogP contribution in [0.4, 0.5) is 14.5 Å². The maximum absolute atomic E-state index is 12.7. The Kier molecular flexibility index (Phi) is 7.93. The molecule has 0 aromatic heterocycles. The van der Waals surface area contributed by atoms with Gasteiger partial charge in [0.05, 0.1) is 4.90 Å². The van der Waals surface area contributed by atoms with Crippen molar-refractivity contribution in [1.82, 2.24) is 4.72 Å². The second kappa shape index (κ2) is 10.9. The molecule has 1 aliphatic rings. The molecule has 1 amide bonds. The Balaban J connectivity index is 1.62. The molecule has 1 heterocycles. The normalized spacial score (nSPS) is 14.7. The van der Waals surface area contributed by atoms with Crippen molar-refractivity contribution in [1.29, 1.82) is 0 Å². The Bertz CT molecular complexity index is 1100. The van der Waals surface area contributed by atoms with Crippen LogP contribution in [0.15, 0.2) is 64.5 Å². The summed E-state index contributed by atoms with van der Waals surface area (Å²) in [6.07, 6.45) is 6.16. The van der Waals surface area contributed by atoms with Gasteiger partial charge in [0.15, 0.2) is 0 Å². The molecule has 0 saturated carbocycles. The molecule has 2 aromatic rings. The minimum absolute atomic E-state index is 0.0147. The van der Waals surface area contributed by atoms with Gasteiger partial charge in [0, 0.05) is 24.7 Å². The summed E-state index contributed by atoms with van der Waals surface area (Å²) in [4.78, 5) is 16.5. The summed E-state index contributed by atoms with van der Waals surface area (Å²) in [6, 6.07) is 11.7. The first-order chi connectivity index (χ1) is 15.3. The van der Waals surface area contributed by atoms with Crippen LogP contribution in [-0.4, -0.2) is 33.3 Å². The van der Waals surface area contributed by atoms with E-state index in [1.165, 1.54) is 54.6 Å². The third-order valence-corrected chi connectivity index (χ3v) is 5.95. The highest BCUT2D eigenvalue weighted by Crippen LogP contribution is 2.18. The zero-order valence-corrected chi connectivity index (χ0v) is 17.9. The molecule has 0 radical (unpaired) electrons. The summed E-state index contributed by atoms with van der Waals surface area (Å²) < 4.78 is 56.5. The number of carbonyl (C=O) groups excluding carboxylic acids is 1. The SMILES string of the molecule is O=C(/C=C/c1ccc(OC(F)F)cc1)Nc1cccc(S(=O)(=O)NC2=NCCCCC2)c1. The number of hydrogen-bond donors (Lipinski definition) is 2. The lowest BCUT2D eigenvalue weighted by molar-refractivity contribution is -0.111. The van der Waals surface area contributed by atoms with Crippen molar-refractivity contribution in [3.63, 3.8) is 0 Å². The molecular weight excluding hydrogens is 440 g/mol. The topological polar surface area (TPSA) is 96.9 Å². The molecule has 0 bridgehead atoms. The van der Waals surface area contributed by atoms with E-state index in [-0.39, 0.29) is 10.6 Å². The maximum atomic E-state index is 12.7. The molecule has 0 aliphatic carbocycles. The number of rotatable bonds is 7. The number of ether oxygens (including phenoxy) is 1. The number of alkyl halides is 2. The molecule has 2 aromatic carbocycles. The van der Waals surface area contributed by atoms with Crippen LogP contribution in [0.2, 0.25) is 0 Å². The third kappa shape index (κ3) is 7.16. The van der Waals surface area contributed by atoms with E-state index in [9.17, 15) is 22.0 Å². The van der Waals surface area contributed by atoms with E-state index in [1.807, 2.05) is 0 Å². The number of halogens is 2. The van der Waals surface area contributed by atoms with Gasteiger partial charge in [-0.05, 0) is 54.8 Å². The van der Waals surface area contributed by atoms with Gasteiger partial charge in [0.2, 0.25) is 5.91 Å². The summed E-state index contributed by atoms with van der Waals surface area (Å²) in [5.74, 6) is -0.0126. The predicted octanol–water partition coefficient (Wildman–Crippen LogP) is 4.19. The van der Waals surface area contributed by atoms with Gasteiger partial charge in [-0.3, -0.25) is 14.5 Å². The minimum atomic E-state index is -3.82. The van der Waals surface area contributed by atoms with Gasteiger partial charge >= 0.3 is 6.61 Å². The average Bonchev–Trinajstić information content (AvgIpc) is 3.01. The van der Waals surface area contributed by atoms with E-state index in [1.54, 1.807) is 6.07 Å². The molecule has 10 heteroatoms. The van der Waals surface area contributed by atoms with Crippen molar-refractivity contribution in [2.45, 2.75) is 37.2 Å². The van der Waals surface area contributed by atoms with Gasteiger partial charge in [-0.15, -0.1) is 0 Å². The van der Waals surface area contributed by atoms with Gasteiger partial charge in [-0.25, -0.2) is 8.42 Å². The van der Waals surface area contributed by atoms with Crippen molar-refractivity contribution < 1.29 is 26.7 Å². The lowest BCUT2D eigenvalue weighted by Gasteiger charge is -2.11. The highest BCUT2D eigenvalue weighted by molar-refractivity contribution is 7.90. The first kappa shape index (κ1) is 23.4.